The molecule has 1 N–H and O–H groups in total. The molecule has 0 unspecified atom stereocenters. The standard InChI is InChI=1S/C11H15N3O5/c1-13-9(16)10(17)14(11(13)18)6-8(15)12-5-7-3-2-4-19-7/h7H,2-6H2,1H3,(H,12,15)/t7-/m0/s1. The van der Waals surface area contributed by atoms with Crippen molar-refractivity contribution in [2.24, 2.45) is 0 Å². The number of imide groups is 2. The first kappa shape index (κ1) is 13.5. The number of hydrogen-bond donors (Lipinski definition) is 1. The number of carbonyl (C=O) groups is 4. The maximum atomic E-state index is 11.6. The van der Waals surface area contributed by atoms with Crippen LogP contribution in [0.25, 0.3) is 0 Å². The molecule has 104 valence electrons. The number of carbonyl (C=O) groups excluding carboxylic acids is 4. The van der Waals surface area contributed by atoms with Crippen molar-refractivity contribution in [3.63, 3.8) is 0 Å². The highest BCUT2D eigenvalue weighted by atomic mass is 16.5. The average Bonchev–Trinajstić information content (AvgIpc) is 2.97. The fraction of sp³-hybridized carbons (Fsp3) is 0.636. The van der Waals surface area contributed by atoms with E-state index in [1.54, 1.807) is 0 Å². The average molecular weight is 269 g/mol. The Bertz CT molecular complexity index is 430. The van der Waals surface area contributed by atoms with Gasteiger partial charge in [-0.25, -0.2) is 9.69 Å². The summed E-state index contributed by atoms with van der Waals surface area (Å²) in [6, 6.07) is -0.776. The molecule has 0 aromatic heterocycles. The van der Waals surface area contributed by atoms with Crippen LogP contribution in [-0.4, -0.2) is 66.4 Å². The van der Waals surface area contributed by atoms with Gasteiger partial charge < -0.3 is 10.1 Å². The smallest absolute Gasteiger partial charge is 0.334 e. The molecule has 19 heavy (non-hydrogen) atoms. The molecule has 2 aliphatic rings. The Kier molecular flexibility index (Phi) is 3.79. The van der Waals surface area contributed by atoms with Crippen LogP contribution in [0.3, 0.4) is 0 Å². The van der Waals surface area contributed by atoms with Gasteiger partial charge in [-0.3, -0.25) is 19.3 Å². The third-order valence-electron chi connectivity index (χ3n) is 3.10. The fourth-order valence-electron chi connectivity index (χ4n) is 1.99. The quantitative estimate of drug-likeness (QED) is 0.505. The molecule has 2 heterocycles. The Morgan fingerprint density at radius 1 is 1.37 bits per heavy atom. The topological polar surface area (TPSA) is 96.0 Å². The van der Waals surface area contributed by atoms with Crippen molar-refractivity contribution in [2.45, 2.75) is 18.9 Å². The molecule has 5 amide bonds. The number of rotatable bonds is 4. The van der Waals surface area contributed by atoms with Crippen LogP contribution < -0.4 is 5.32 Å². The number of nitrogens with one attached hydrogen (secondary N) is 1. The molecule has 2 saturated heterocycles. The lowest BCUT2D eigenvalue weighted by molar-refractivity contribution is -0.143. The number of ether oxygens (including phenoxy) is 1. The van der Waals surface area contributed by atoms with Crippen LogP contribution in [0.15, 0.2) is 0 Å². The zero-order valence-electron chi connectivity index (χ0n) is 10.5. The van der Waals surface area contributed by atoms with Gasteiger partial charge in [0.15, 0.2) is 0 Å². The van der Waals surface area contributed by atoms with E-state index >= 15 is 0 Å². The van der Waals surface area contributed by atoms with Crippen molar-refractivity contribution in [1.29, 1.82) is 0 Å². The number of amides is 5. The Hall–Kier alpha value is -1.96. The van der Waals surface area contributed by atoms with E-state index in [-0.39, 0.29) is 6.10 Å². The van der Waals surface area contributed by atoms with Gasteiger partial charge in [0.1, 0.15) is 6.54 Å². The van der Waals surface area contributed by atoms with Crippen LogP contribution in [0.2, 0.25) is 0 Å². The van der Waals surface area contributed by atoms with E-state index in [0.29, 0.717) is 23.0 Å². The summed E-state index contributed by atoms with van der Waals surface area (Å²) in [6.07, 6.45) is 1.82. The summed E-state index contributed by atoms with van der Waals surface area (Å²) >= 11 is 0. The minimum atomic E-state index is -0.972. The van der Waals surface area contributed by atoms with Gasteiger partial charge >= 0.3 is 17.8 Å². The van der Waals surface area contributed by atoms with Gasteiger partial charge in [-0.15, -0.1) is 0 Å². The number of nitrogens with zero attached hydrogens (tertiary/aromatic N) is 2. The number of urea groups is 1. The number of likely N-dealkylation sites (N-methyl/N-ethyl adjacent to an activating group) is 1. The fourth-order valence-corrected chi connectivity index (χ4v) is 1.99. The van der Waals surface area contributed by atoms with Crippen molar-refractivity contribution >= 4 is 23.8 Å². The van der Waals surface area contributed by atoms with E-state index in [0.717, 1.165) is 12.8 Å². The zero-order valence-corrected chi connectivity index (χ0v) is 10.5. The van der Waals surface area contributed by atoms with Crippen LogP contribution in [0.4, 0.5) is 4.79 Å². The lowest BCUT2D eigenvalue weighted by atomic mass is 10.2. The van der Waals surface area contributed by atoms with Gasteiger partial charge in [-0.1, -0.05) is 0 Å². The summed E-state index contributed by atoms with van der Waals surface area (Å²) < 4.78 is 5.33. The van der Waals surface area contributed by atoms with Crippen molar-refractivity contribution in [2.75, 3.05) is 26.7 Å². The molecule has 0 bridgehead atoms. The first-order valence-electron chi connectivity index (χ1n) is 6.02. The number of hydrogen-bond acceptors (Lipinski definition) is 5. The van der Waals surface area contributed by atoms with Crippen LogP contribution >= 0.6 is 0 Å². The molecule has 2 fully saturated rings. The van der Waals surface area contributed by atoms with Crippen molar-refractivity contribution in [1.82, 2.24) is 15.1 Å². The molecule has 8 heteroatoms. The van der Waals surface area contributed by atoms with Gasteiger partial charge in [0.2, 0.25) is 5.91 Å². The van der Waals surface area contributed by atoms with Crippen molar-refractivity contribution in [3.05, 3.63) is 0 Å². The third-order valence-corrected chi connectivity index (χ3v) is 3.10. The summed E-state index contributed by atoms with van der Waals surface area (Å²) in [5.41, 5.74) is 0. The van der Waals surface area contributed by atoms with Crippen LogP contribution in [0, 0.1) is 0 Å². The lowest BCUT2D eigenvalue weighted by Gasteiger charge is -2.14. The van der Waals surface area contributed by atoms with E-state index in [4.69, 9.17) is 4.74 Å². The minimum absolute atomic E-state index is 0.0155. The molecule has 2 aliphatic heterocycles. The van der Waals surface area contributed by atoms with Gasteiger partial charge in [0.25, 0.3) is 0 Å². The molecule has 0 radical (unpaired) electrons. The first-order valence-corrected chi connectivity index (χ1v) is 6.02. The molecule has 1 atom stereocenters. The van der Waals surface area contributed by atoms with E-state index in [1.807, 2.05) is 0 Å². The summed E-state index contributed by atoms with van der Waals surface area (Å²) in [6.45, 7) is 0.586. The predicted molar refractivity (Wildman–Crippen MR) is 61.9 cm³/mol. The van der Waals surface area contributed by atoms with E-state index in [9.17, 15) is 19.2 Å². The van der Waals surface area contributed by atoms with Gasteiger partial charge in [0.05, 0.1) is 6.10 Å². The normalized spacial score (nSPS) is 23.4. The molecule has 2 rings (SSSR count). The summed E-state index contributed by atoms with van der Waals surface area (Å²) in [5, 5.41) is 2.58. The maximum Gasteiger partial charge on any atom is 0.334 e. The lowest BCUT2D eigenvalue weighted by Crippen LogP contribution is -2.43. The summed E-state index contributed by atoms with van der Waals surface area (Å²) in [7, 11) is 1.20. The summed E-state index contributed by atoms with van der Waals surface area (Å²) in [4.78, 5) is 47.1. The molecule has 0 saturated carbocycles. The maximum absolute atomic E-state index is 11.6. The second kappa shape index (κ2) is 5.35. The highest BCUT2D eigenvalue weighted by Gasteiger charge is 2.42. The molecule has 0 aliphatic carbocycles. The largest absolute Gasteiger partial charge is 0.376 e. The Labute approximate surface area is 109 Å². The minimum Gasteiger partial charge on any atom is -0.376 e. The molecular formula is C11H15N3O5. The predicted octanol–water partition coefficient (Wildman–Crippen LogP) is -1.30. The van der Waals surface area contributed by atoms with Crippen LogP contribution in [0.1, 0.15) is 12.8 Å². The van der Waals surface area contributed by atoms with Gasteiger partial charge in [0, 0.05) is 20.2 Å². The molecular weight excluding hydrogens is 254 g/mol. The van der Waals surface area contributed by atoms with Crippen molar-refractivity contribution in [3.8, 4) is 0 Å². The monoisotopic (exact) mass is 269 g/mol. The second-order valence-corrected chi connectivity index (χ2v) is 4.48. The summed E-state index contributed by atoms with van der Waals surface area (Å²) in [5.74, 6) is -2.38. The highest BCUT2D eigenvalue weighted by Crippen LogP contribution is 2.11. The van der Waals surface area contributed by atoms with Crippen molar-refractivity contribution < 1.29 is 23.9 Å². The van der Waals surface area contributed by atoms with Crippen LogP contribution in [0.5, 0.6) is 0 Å². The molecule has 0 aromatic carbocycles. The Morgan fingerprint density at radius 3 is 2.63 bits per heavy atom. The van der Waals surface area contributed by atoms with Gasteiger partial charge in [-0.05, 0) is 12.8 Å². The van der Waals surface area contributed by atoms with Crippen LogP contribution in [-0.2, 0) is 19.1 Å². The van der Waals surface area contributed by atoms with E-state index < -0.39 is 30.3 Å². The third kappa shape index (κ3) is 2.73. The molecule has 0 spiro atoms. The Morgan fingerprint density at radius 2 is 2.11 bits per heavy atom. The SMILES string of the molecule is CN1C(=O)C(=O)N(CC(=O)NC[C@@H]2CCCO2)C1=O. The van der Waals surface area contributed by atoms with Gasteiger partial charge in [-0.2, -0.15) is 0 Å². The highest BCUT2D eigenvalue weighted by molar-refractivity contribution is 6.44. The van der Waals surface area contributed by atoms with E-state index in [1.165, 1.54) is 7.05 Å². The van der Waals surface area contributed by atoms with E-state index in [2.05, 4.69) is 5.32 Å². The molecule has 0 aromatic rings. The Balaban J connectivity index is 1.83. The molecule has 8 nitrogen and oxygen atoms in total. The zero-order chi connectivity index (χ0) is 14.0. The second-order valence-electron chi connectivity index (χ2n) is 4.48. The first-order chi connectivity index (χ1) is 9.00.